The average Bonchev–Trinajstić information content (AvgIpc) is 3.30. The Morgan fingerprint density at radius 3 is 2.67 bits per heavy atom. The Labute approximate surface area is 168 Å². The molecule has 0 aromatic carbocycles. The van der Waals surface area contributed by atoms with Gasteiger partial charge in [0.2, 0.25) is 11.1 Å². The fourth-order valence-electron chi connectivity index (χ4n) is 6.11. The van der Waals surface area contributed by atoms with Gasteiger partial charge in [0.15, 0.2) is 5.82 Å². The lowest BCUT2D eigenvalue weighted by Gasteiger charge is -2.59. The molecular weight excluding hydrogens is 376 g/mol. The summed E-state index contributed by atoms with van der Waals surface area (Å²) in [6.45, 7) is 2.23. The molecule has 7 heteroatoms. The number of carbonyl (C=O) groups excluding carboxylic acids is 1. The van der Waals surface area contributed by atoms with Gasteiger partial charge >= 0.3 is 0 Å². The number of aromatic nitrogens is 3. The van der Waals surface area contributed by atoms with E-state index in [2.05, 4.69) is 27.4 Å². The summed E-state index contributed by atoms with van der Waals surface area (Å²) in [6, 6.07) is 4.28. The number of hydrogen-bond donors (Lipinski definition) is 2. The first-order valence-corrected chi connectivity index (χ1v) is 11.8. The van der Waals surface area contributed by atoms with Gasteiger partial charge in [0.05, 0.1) is 10.6 Å². The van der Waals surface area contributed by atoms with Crippen molar-refractivity contribution < 1.29 is 4.79 Å². The van der Waals surface area contributed by atoms with E-state index in [1.54, 1.807) is 11.3 Å². The average molecular weight is 403 g/mol. The van der Waals surface area contributed by atoms with E-state index in [1.165, 1.54) is 50.3 Å². The summed E-state index contributed by atoms with van der Waals surface area (Å²) in [5.74, 6) is 3.98. The molecule has 2 N–H and O–H groups in total. The Hall–Kier alpha value is -1.34. The highest BCUT2D eigenvalue weighted by Crippen LogP contribution is 2.61. The predicted molar refractivity (Wildman–Crippen MR) is 109 cm³/mol. The van der Waals surface area contributed by atoms with Crippen molar-refractivity contribution in [2.45, 2.75) is 56.6 Å². The van der Waals surface area contributed by atoms with Crippen molar-refractivity contribution in [1.82, 2.24) is 20.5 Å². The Balaban J connectivity index is 1.17. The van der Waals surface area contributed by atoms with Crippen molar-refractivity contribution in [2.75, 3.05) is 5.75 Å². The third-order valence-corrected chi connectivity index (χ3v) is 8.66. The maximum Gasteiger partial charge on any atom is 0.230 e. The molecule has 6 rings (SSSR count). The molecule has 0 aliphatic heterocycles. The molecular formula is C20H26N4OS2. The van der Waals surface area contributed by atoms with Gasteiger partial charge in [-0.1, -0.05) is 17.8 Å². The van der Waals surface area contributed by atoms with Crippen molar-refractivity contribution in [1.29, 1.82) is 0 Å². The molecule has 5 nitrogen and oxygen atoms in total. The zero-order chi connectivity index (χ0) is 18.4. The van der Waals surface area contributed by atoms with Crippen LogP contribution >= 0.6 is 23.1 Å². The second kappa shape index (κ2) is 6.92. The van der Waals surface area contributed by atoms with Gasteiger partial charge < -0.3 is 5.32 Å². The molecule has 2 aromatic heterocycles. The first-order chi connectivity index (χ1) is 13.1. The van der Waals surface area contributed by atoms with Gasteiger partial charge in [-0.3, -0.25) is 9.89 Å². The lowest BCUT2D eigenvalue weighted by atomic mass is 9.48. The summed E-state index contributed by atoms with van der Waals surface area (Å²) in [7, 11) is 0. The third kappa shape index (κ3) is 3.44. The standard InChI is InChI=1S/C20H26N4OS2/c1-12(20-8-13-5-14(9-20)7-15(6-13)10-20)21-17(25)11-27-19-22-18(23-24-19)16-3-2-4-26-16/h2-4,12-15H,5-11H2,1H3,(H,21,25)(H,22,23,24)/t12-,13?,14?,15?,20?/m0/s1. The maximum atomic E-state index is 12.6. The van der Waals surface area contributed by atoms with Crippen LogP contribution in [0.3, 0.4) is 0 Å². The molecule has 27 heavy (non-hydrogen) atoms. The van der Waals surface area contributed by atoms with E-state index in [9.17, 15) is 4.79 Å². The second-order valence-electron chi connectivity index (χ2n) is 8.80. The number of nitrogens with one attached hydrogen (secondary N) is 2. The topological polar surface area (TPSA) is 70.7 Å². The Morgan fingerprint density at radius 1 is 1.33 bits per heavy atom. The van der Waals surface area contributed by atoms with Crippen LogP contribution in [0.2, 0.25) is 0 Å². The minimum atomic E-state index is 0.103. The molecule has 4 fully saturated rings. The number of thiophene rings is 1. The number of H-pyrrole nitrogens is 1. The number of thioether (sulfide) groups is 1. The highest BCUT2D eigenvalue weighted by Gasteiger charge is 2.53. The predicted octanol–water partition coefficient (Wildman–Crippen LogP) is 4.35. The van der Waals surface area contributed by atoms with Gasteiger partial charge in [0.25, 0.3) is 0 Å². The number of nitrogens with zero attached hydrogens (tertiary/aromatic N) is 2. The number of amides is 1. The molecule has 0 saturated heterocycles. The fourth-order valence-corrected chi connectivity index (χ4v) is 7.38. The zero-order valence-corrected chi connectivity index (χ0v) is 17.2. The molecule has 1 atom stereocenters. The van der Waals surface area contributed by atoms with E-state index in [-0.39, 0.29) is 11.9 Å². The number of aromatic amines is 1. The van der Waals surface area contributed by atoms with E-state index < -0.39 is 0 Å². The lowest BCUT2D eigenvalue weighted by Crippen LogP contribution is -2.56. The number of rotatable bonds is 6. The Kier molecular flexibility index (Phi) is 4.55. The van der Waals surface area contributed by atoms with Gasteiger partial charge in [0.1, 0.15) is 0 Å². The van der Waals surface area contributed by atoms with E-state index in [1.807, 2.05) is 17.5 Å². The van der Waals surface area contributed by atoms with E-state index in [0.717, 1.165) is 28.5 Å². The zero-order valence-electron chi connectivity index (χ0n) is 15.6. The van der Waals surface area contributed by atoms with Crippen LogP contribution in [0, 0.1) is 23.2 Å². The molecule has 144 valence electrons. The monoisotopic (exact) mass is 402 g/mol. The largest absolute Gasteiger partial charge is 0.352 e. The smallest absolute Gasteiger partial charge is 0.230 e. The molecule has 1 amide bonds. The SMILES string of the molecule is C[C@H](NC(=O)CSc1n[nH]c(-c2cccs2)n1)C12CC3CC(CC(C3)C1)C2. The van der Waals surface area contributed by atoms with Gasteiger partial charge in [-0.15, -0.1) is 16.4 Å². The van der Waals surface area contributed by atoms with Crippen LogP contribution in [0.1, 0.15) is 45.4 Å². The van der Waals surface area contributed by atoms with Crippen molar-refractivity contribution in [3.63, 3.8) is 0 Å². The first kappa shape index (κ1) is 17.7. The van der Waals surface area contributed by atoms with Crippen LogP contribution in [0.25, 0.3) is 10.7 Å². The summed E-state index contributed by atoms with van der Waals surface area (Å²) >= 11 is 3.03. The lowest BCUT2D eigenvalue weighted by molar-refractivity contribution is -0.123. The summed E-state index contributed by atoms with van der Waals surface area (Å²) in [5.41, 5.74) is 0.353. The quantitative estimate of drug-likeness (QED) is 0.705. The van der Waals surface area contributed by atoms with Crippen LogP contribution in [0.5, 0.6) is 0 Å². The van der Waals surface area contributed by atoms with Crippen molar-refractivity contribution >= 4 is 29.0 Å². The van der Waals surface area contributed by atoms with Gasteiger partial charge in [-0.25, -0.2) is 4.98 Å². The van der Waals surface area contributed by atoms with Crippen molar-refractivity contribution in [3.05, 3.63) is 17.5 Å². The number of hydrogen-bond acceptors (Lipinski definition) is 5. The summed E-state index contributed by atoms with van der Waals surface area (Å²) < 4.78 is 0. The molecule has 0 radical (unpaired) electrons. The van der Waals surface area contributed by atoms with Crippen LogP contribution in [-0.4, -0.2) is 32.9 Å². The third-order valence-electron chi connectivity index (χ3n) is 6.93. The normalized spacial score (nSPS) is 32.6. The van der Waals surface area contributed by atoms with E-state index in [4.69, 9.17) is 0 Å². The molecule has 2 heterocycles. The first-order valence-electron chi connectivity index (χ1n) is 9.98. The van der Waals surface area contributed by atoms with E-state index in [0.29, 0.717) is 16.3 Å². The van der Waals surface area contributed by atoms with E-state index >= 15 is 0 Å². The molecule has 0 unspecified atom stereocenters. The minimum absolute atomic E-state index is 0.103. The molecule has 4 saturated carbocycles. The summed E-state index contributed by atoms with van der Waals surface area (Å²) in [4.78, 5) is 18.1. The van der Waals surface area contributed by atoms with Gasteiger partial charge in [-0.2, -0.15) is 0 Å². The maximum absolute atomic E-state index is 12.6. The summed E-state index contributed by atoms with van der Waals surface area (Å²) in [6.07, 6.45) is 8.27. The Bertz CT molecular complexity index is 781. The van der Waals surface area contributed by atoms with Crippen LogP contribution in [-0.2, 0) is 4.79 Å². The van der Waals surface area contributed by atoms with Crippen LogP contribution in [0.4, 0.5) is 0 Å². The molecule has 4 bridgehead atoms. The molecule has 4 aliphatic rings. The van der Waals surface area contributed by atoms with Crippen LogP contribution < -0.4 is 5.32 Å². The number of carbonyl (C=O) groups is 1. The fraction of sp³-hybridized carbons (Fsp3) is 0.650. The van der Waals surface area contributed by atoms with Gasteiger partial charge in [0, 0.05) is 6.04 Å². The molecule has 2 aromatic rings. The van der Waals surface area contributed by atoms with Crippen LogP contribution in [0.15, 0.2) is 22.7 Å². The van der Waals surface area contributed by atoms with Crippen molar-refractivity contribution in [3.8, 4) is 10.7 Å². The molecule has 4 aliphatic carbocycles. The highest BCUT2D eigenvalue weighted by molar-refractivity contribution is 7.99. The minimum Gasteiger partial charge on any atom is -0.352 e. The Morgan fingerprint density at radius 2 is 2.04 bits per heavy atom. The van der Waals surface area contributed by atoms with Crippen molar-refractivity contribution in [2.24, 2.45) is 23.2 Å². The summed E-state index contributed by atoms with van der Waals surface area (Å²) in [5, 5.41) is 13.2. The molecule has 0 spiro atoms. The highest BCUT2D eigenvalue weighted by atomic mass is 32.2. The second-order valence-corrected chi connectivity index (χ2v) is 10.7. The van der Waals surface area contributed by atoms with Gasteiger partial charge in [-0.05, 0) is 80.1 Å².